The minimum Gasteiger partial charge on any atom is -0.379 e. The molecule has 1 fully saturated rings. The lowest BCUT2D eigenvalue weighted by atomic mass is 10.1. The molecule has 12 heteroatoms. The number of nitrogens with one attached hydrogen (secondary N) is 2. The molecule has 1 aliphatic carbocycles. The van der Waals surface area contributed by atoms with Gasteiger partial charge in [0.1, 0.15) is 10.7 Å². The number of alkyl halides is 3. The largest absolute Gasteiger partial charge is 0.416 e. The molecule has 144 valence electrons. The summed E-state index contributed by atoms with van der Waals surface area (Å²) in [6.45, 7) is 0.00627. The Morgan fingerprint density at radius 3 is 2.70 bits per heavy atom. The molecular weight excluding hydrogens is 387 g/mol. The van der Waals surface area contributed by atoms with Crippen LogP contribution in [0.4, 0.5) is 29.7 Å². The zero-order chi connectivity index (χ0) is 19.6. The Bertz CT molecular complexity index is 867. The molecule has 8 nitrogen and oxygen atoms in total. The van der Waals surface area contributed by atoms with Gasteiger partial charge in [-0.2, -0.15) is 13.2 Å². The van der Waals surface area contributed by atoms with Gasteiger partial charge in [-0.3, -0.25) is 14.9 Å². The van der Waals surface area contributed by atoms with Crippen LogP contribution in [0.1, 0.15) is 35.8 Å². The van der Waals surface area contributed by atoms with Crippen molar-refractivity contribution < 1.29 is 22.9 Å². The van der Waals surface area contributed by atoms with Crippen molar-refractivity contribution in [1.29, 1.82) is 0 Å². The van der Waals surface area contributed by atoms with E-state index in [0.29, 0.717) is 17.1 Å². The maximum absolute atomic E-state index is 12.7. The third-order valence-electron chi connectivity index (χ3n) is 3.80. The molecule has 0 unspecified atom stereocenters. The fourth-order valence-electron chi connectivity index (χ4n) is 2.28. The Labute approximate surface area is 154 Å². The first-order chi connectivity index (χ1) is 12.7. The number of halogens is 3. The van der Waals surface area contributed by atoms with Crippen LogP contribution in [0.25, 0.3) is 0 Å². The van der Waals surface area contributed by atoms with Crippen molar-refractivity contribution in [2.75, 3.05) is 17.2 Å². The lowest BCUT2D eigenvalue weighted by Crippen LogP contribution is -2.16. The maximum Gasteiger partial charge on any atom is 0.416 e. The summed E-state index contributed by atoms with van der Waals surface area (Å²) in [6, 6.07) is 2.19. The molecular formula is C15H14F3N5O3S. The molecule has 1 aromatic carbocycles. The van der Waals surface area contributed by atoms with Crippen LogP contribution in [-0.2, 0) is 11.0 Å². The van der Waals surface area contributed by atoms with E-state index in [-0.39, 0.29) is 24.6 Å². The van der Waals surface area contributed by atoms with Crippen LogP contribution in [0.2, 0.25) is 0 Å². The predicted octanol–water partition coefficient (Wildman–Crippen LogP) is 3.78. The molecule has 2 aromatic rings. The zero-order valence-electron chi connectivity index (χ0n) is 13.7. The van der Waals surface area contributed by atoms with Gasteiger partial charge in [-0.15, -0.1) is 10.2 Å². The molecule has 1 aliphatic rings. The van der Waals surface area contributed by atoms with Crippen LogP contribution in [0, 0.1) is 10.1 Å². The van der Waals surface area contributed by atoms with Crippen molar-refractivity contribution in [3.8, 4) is 0 Å². The molecule has 3 rings (SSSR count). The van der Waals surface area contributed by atoms with Gasteiger partial charge < -0.3 is 10.6 Å². The molecule has 0 atom stereocenters. The summed E-state index contributed by atoms with van der Waals surface area (Å²) in [5, 5.41) is 25.3. The summed E-state index contributed by atoms with van der Waals surface area (Å²) in [5.41, 5.74) is -1.91. The van der Waals surface area contributed by atoms with Gasteiger partial charge in [-0.1, -0.05) is 11.3 Å². The van der Waals surface area contributed by atoms with E-state index in [1.165, 1.54) is 11.3 Å². The van der Waals surface area contributed by atoms with Gasteiger partial charge in [0.15, 0.2) is 0 Å². The minimum atomic E-state index is -4.68. The number of nitrogens with zero attached hydrogens (tertiary/aromatic N) is 3. The van der Waals surface area contributed by atoms with Crippen molar-refractivity contribution in [3.63, 3.8) is 0 Å². The summed E-state index contributed by atoms with van der Waals surface area (Å²) >= 11 is 1.30. The second-order valence-electron chi connectivity index (χ2n) is 5.93. The van der Waals surface area contributed by atoms with E-state index in [9.17, 15) is 28.1 Å². The summed E-state index contributed by atoms with van der Waals surface area (Å²) in [7, 11) is 0. The van der Waals surface area contributed by atoms with Crippen LogP contribution in [0.5, 0.6) is 0 Å². The van der Waals surface area contributed by atoms with Crippen LogP contribution < -0.4 is 10.6 Å². The van der Waals surface area contributed by atoms with Crippen LogP contribution in [-0.4, -0.2) is 27.6 Å². The average Bonchev–Trinajstić information content (AvgIpc) is 3.34. The number of carbonyl (C=O) groups excluding carboxylic acids is 1. The fraction of sp³-hybridized carbons (Fsp3) is 0.400. The molecule has 1 saturated carbocycles. The Morgan fingerprint density at radius 2 is 2.07 bits per heavy atom. The maximum atomic E-state index is 12.7. The second kappa shape index (κ2) is 7.47. The second-order valence-corrected chi connectivity index (χ2v) is 6.94. The first-order valence-electron chi connectivity index (χ1n) is 7.97. The van der Waals surface area contributed by atoms with Crippen molar-refractivity contribution in [3.05, 3.63) is 38.9 Å². The van der Waals surface area contributed by atoms with Crippen LogP contribution in [0.3, 0.4) is 0 Å². The predicted molar refractivity (Wildman–Crippen MR) is 91.7 cm³/mol. The minimum absolute atomic E-state index is 0.00627. The third-order valence-corrected chi connectivity index (χ3v) is 4.80. The van der Waals surface area contributed by atoms with Crippen molar-refractivity contribution in [2.45, 2.75) is 31.4 Å². The van der Waals surface area contributed by atoms with Crippen LogP contribution in [0.15, 0.2) is 18.2 Å². The molecule has 0 saturated heterocycles. The van der Waals surface area contributed by atoms with Gasteiger partial charge in [0.25, 0.3) is 5.69 Å². The van der Waals surface area contributed by atoms with E-state index in [0.717, 1.165) is 30.0 Å². The first kappa shape index (κ1) is 19.0. The van der Waals surface area contributed by atoms with Gasteiger partial charge >= 0.3 is 6.18 Å². The molecule has 0 radical (unpaired) electrons. The number of carbonyl (C=O) groups is 1. The van der Waals surface area contributed by atoms with Gasteiger partial charge in [-0.25, -0.2) is 0 Å². The summed E-state index contributed by atoms with van der Waals surface area (Å²) in [5.74, 6) is 0.0469. The topological polar surface area (TPSA) is 110 Å². The molecule has 2 N–H and O–H groups in total. The number of nitro benzene ring substituents is 1. The molecule has 0 aliphatic heterocycles. The number of hydrogen-bond donors (Lipinski definition) is 2. The van der Waals surface area contributed by atoms with Gasteiger partial charge in [-0.05, 0) is 25.0 Å². The molecule has 1 aromatic heterocycles. The Morgan fingerprint density at radius 1 is 1.33 bits per heavy atom. The Balaban J connectivity index is 1.55. The Hall–Kier alpha value is -2.76. The van der Waals surface area contributed by atoms with Crippen LogP contribution >= 0.6 is 11.3 Å². The number of rotatable bonds is 7. The van der Waals surface area contributed by atoms with Crippen molar-refractivity contribution in [1.82, 2.24) is 10.2 Å². The number of benzene rings is 1. The third kappa shape index (κ3) is 4.90. The summed E-state index contributed by atoms with van der Waals surface area (Å²) in [6.07, 6.45) is -2.59. The number of aromatic nitrogens is 2. The lowest BCUT2D eigenvalue weighted by molar-refractivity contribution is -0.384. The highest BCUT2D eigenvalue weighted by Crippen LogP contribution is 2.42. The quantitative estimate of drug-likeness (QED) is 0.540. The fourth-order valence-corrected chi connectivity index (χ4v) is 3.21. The Kier molecular flexibility index (Phi) is 5.26. The monoisotopic (exact) mass is 401 g/mol. The molecule has 27 heavy (non-hydrogen) atoms. The summed E-state index contributed by atoms with van der Waals surface area (Å²) in [4.78, 5) is 22.0. The van der Waals surface area contributed by atoms with Crippen molar-refractivity contribution >= 4 is 33.8 Å². The normalized spacial score (nSPS) is 14.0. The van der Waals surface area contributed by atoms with E-state index < -0.39 is 22.4 Å². The number of anilines is 2. The number of amides is 1. The highest BCUT2D eigenvalue weighted by molar-refractivity contribution is 7.15. The van der Waals surface area contributed by atoms with E-state index in [1.807, 2.05) is 0 Å². The smallest absolute Gasteiger partial charge is 0.379 e. The first-order valence-corrected chi connectivity index (χ1v) is 8.78. The van der Waals surface area contributed by atoms with E-state index in [4.69, 9.17) is 0 Å². The van der Waals surface area contributed by atoms with Gasteiger partial charge in [0, 0.05) is 24.9 Å². The van der Waals surface area contributed by atoms with E-state index >= 15 is 0 Å². The van der Waals surface area contributed by atoms with Crippen molar-refractivity contribution in [2.24, 2.45) is 0 Å². The molecule has 0 bridgehead atoms. The lowest BCUT2D eigenvalue weighted by Gasteiger charge is -2.10. The molecule has 0 spiro atoms. The molecule has 1 amide bonds. The SMILES string of the molecule is O=C(CCNc1ccc(C(F)(F)F)cc1[N+](=O)[O-])Nc1nnc(C2CC2)s1. The summed E-state index contributed by atoms with van der Waals surface area (Å²) < 4.78 is 38.0. The highest BCUT2D eigenvalue weighted by atomic mass is 32.1. The van der Waals surface area contributed by atoms with E-state index in [2.05, 4.69) is 20.8 Å². The zero-order valence-corrected chi connectivity index (χ0v) is 14.6. The standard InChI is InChI=1S/C15H14F3N5O3S/c16-15(17,18)9-3-4-10(11(7-9)23(25)26)19-6-5-12(24)20-14-22-21-13(27-14)8-1-2-8/h3-4,7-8,19H,1-2,5-6H2,(H,20,22,24). The van der Waals surface area contributed by atoms with E-state index in [1.54, 1.807) is 0 Å². The van der Waals surface area contributed by atoms with Gasteiger partial charge in [0.05, 0.1) is 10.5 Å². The number of hydrogen-bond acceptors (Lipinski definition) is 7. The average molecular weight is 401 g/mol. The van der Waals surface area contributed by atoms with Gasteiger partial charge in [0.2, 0.25) is 11.0 Å². The highest BCUT2D eigenvalue weighted by Gasteiger charge is 2.33. The number of nitro groups is 1. The molecule has 1 heterocycles.